The van der Waals surface area contributed by atoms with Gasteiger partial charge in [-0.1, -0.05) is 152 Å². The molecule has 0 saturated heterocycles. The molecule has 0 heterocycles. The van der Waals surface area contributed by atoms with Crippen LogP contribution < -0.4 is 16.0 Å². The van der Waals surface area contributed by atoms with Crippen molar-refractivity contribution in [2.45, 2.75) is 37.2 Å². The Kier molecular flexibility index (Phi) is 13.0. The average Bonchev–Trinajstić information content (AvgIpc) is 3.24. The smallest absolute Gasteiger partial charge is 0.408 e. The van der Waals surface area contributed by atoms with E-state index in [2.05, 4.69) is 16.0 Å². The number of Topliss-reactive ketones (excluding diaryl/α,β-unsaturated/α-hetero) is 1. The van der Waals surface area contributed by atoms with Crippen LogP contribution >= 0.6 is 11.8 Å². The third-order valence-corrected chi connectivity index (χ3v) is 10.7. The number of carbonyl (C=O) groups is 5. The van der Waals surface area contributed by atoms with Gasteiger partial charge in [0, 0.05) is 28.1 Å². The number of carbonyl (C=O) groups excluding carboxylic acids is 5. The lowest BCUT2D eigenvalue weighted by Crippen LogP contribution is -2.48. The van der Waals surface area contributed by atoms with E-state index in [9.17, 15) is 24.0 Å². The summed E-state index contributed by atoms with van der Waals surface area (Å²) >= 11 is 1.49. The fraction of sp³-hybridized carbons (Fsp3) is 0.146. The molecule has 0 aliphatic carbocycles. The van der Waals surface area contributed by atoms with Gasteiger partial charge in [-0.2, -0.15) is 0 Å². The molecule has 3 N–H and O–H groups in total. The second-order valence-electron chi connectivity index (χ2n) is 14.4. The first-order valence-electron chi connectivity index (χ1n) is 18.7. The molecule has 0 radical (unpaired) electrons. The zero-order chi connectivity index (χ0) is 41.1. The molecule has 1 atom stereocenters. The fourth-order valence-corrected chi connectivity index (χ4v) is 7.96. The maximum absolute atomic E-state index is 14.4. The number of hydrogen-bond donors (Lipinski definition) is 3. The third-order valence-electron chi connectivity index (χ3n) is 9.07. The van der Waals surface area contributed by atoms with Crippen LogP contribution in [-0.2, 0) is 19.1 Å². The van der Waals surface area contributed by atoms with E-state index < -0.39 is 45.9 Å². The highest BCUT2D eigenvalue weighted by molar-refractivity contribution is 8.00. The predicted molar refractivity (Wildman–Crippen MR) is 229 cm³/mol. The largest absolute Gasteiger partial charge is 0.444 e. The van der Waals surface area contributed by atoms with Crippen molar-refractivity contribution in [1.82, 2.24) is 5.32 Å². The Balaban J connectivity index is 1.35. The van der Waals surface area contributed by atoms with Crippen molar-refractivity contribution in [3.63, 3.8) is 0 Å². The summed E-state index contributed by atoms with van der Waals surface area (Å²) in [5.74, 6) is -2.63. The SMILES string of the molecule is CC(C)(C)OC(=O)N[C@@H](CSC(c1ccccc1)(c1ccccc1)c1ccccc1)C(=O)Nc1ccc(NC(=O)C(=O)c2ccccc2)c(C(=O)c2ccccc2)c1. The number of anilines is 2. The first-order chi connectivity index (χ1) is 27.9. The molecule has 3 amide bonds. The number of nitrogens with one attached hydrogen (secondary N) is 3. The molecule has 6 aromatic rings. The Bertz CT molecular complexity index is 2270. The van der Waals surface area contributed by atoms with Crippen molar-refractivity contribution in [2.24, 2.45) is 0 Å². The molecule has 0 saturated carbocycles. The Morgan fingerprint density at radius 1 is 0.586 bits per heavy atom. The summed E-state index contributed by atoms with van der Waals surface area (Å²) in [6.45, 7) is 5.21. The van der Waals surface area contributed by atoms with Crippen molar-refractivity contribution >= 4 is 52.6 Å². The van der Waals surface area contributed by atoms with Gasteiger partial charge in [0.2, 0.25) is 5.91 Å². The molecular formula is C48H43N3O6S. The zero-order valence-electron chi connectivity index (χ0n) is 32.3. The van der Waals surface area contributed by atoms with Gasteiger partial charge in [0.25, 0.3) is 11.7 Å². The van der Waals surface area contributed by atoms with Crippen LogP contribution in [0.25, 0.3) is 0 Å². The van der Waals surface area contributed by atoms with Gasteiger partial charge in [0.05, 0.1) is 10.4 Å². The Labute approximate surface area is 342 Å². The number of ether oxygens (including phenoxy) is 1. The van der Waals surface area contributed by atoms with Crippen LogP contribution in [0.5, 0.6) is 0 Å². The van der Waals surface area contributed by atoms with E-state index in [4.69, 9.17) is 4.74 Å². The first-order valence-corrected chi connectivity index (χ1v) is 19.7. The van der Waals surface area contributed by atoms with Gasteiger partial charge in [-0.15, -0.1) is 11.8 Å². The Morgan fingerprint density at radius 3 is 1.53 bits per heavy atom. The van der Waals surface area contributed by atoms with E-state index in [0.717, 1.165) is 16.7 Å². The van der Waals surface area contributed by atoms with Crippen molar-refractivity contribution in [2.75, 3.05) is 16.4 Å². The average molecular weight is 790 g/mol. The zero-order valence-corrected chi connectivity index (χ0v) is 33.1. The predicted octanol–water partition coefficient (Wildman–Crippen LogP) is 9.30. The summed E-state index contributed by atoms with van der Waals surface area (Å²) in [6, 6.07) is 49.7. The molecule has 0 unspecified atom stereocenters. The van der Waals surface area contributed by atoms with E-state index in [0.29, 0.717) is 5.56 Å². The number of benzene rings is 6. The summed E-state index contributed by atoms with van der Waals surface area (Å²) in [5, 5.41) is 8.28. The highest BCUT2D eigenvalue weighted by Gasteiger charge is 2.39. The minimum atomic E-state index is -1.13. The van der Waals surface area contributed by atoms with Crippen LogP contribution in [0.3, 0.4) is 0 Å². The highest BCUT2D eigenvalue weighted by atomic mass is 32.2. The van der Waals surface area contributed by atoms with Gasteiger partial charge in [-0.25, -0.2) is 4.79 Å². The van der Waals surface area contributed by atoms with E-state index >= 15 is 0 Å². The number of hydrogen-bond acceptors (Lipinski definition) is 7. The van der Waals surface area contributed by atoms with Crippen molar-refractivity contribution in [3.05, 3.63) is 203 Å². The van der Waals surface area contributed by atoms with Crippen LogP contribution in [0.1, 0.15) is 63.7 Å². The maximum atomic E-state index is 14.4. The van der Waals surface area contributed by atoms with Crippen LogP contribution in [0.4, 0.5) is 16.2 Å². The molecule has 58 heavy (non-hydrogen) atoms. The number of amides is 3. The first kappa shape index (κ1) is 40.9. The van der Waals surface area contributed by atoms with Crippen molar-refractivity contribution < 1.29 is 28.7 Å². The lowest BCUT2D eigenvalue weighted by Gasteiger charge is -2.36. The maximum Gasteiger partial charge on any atom is 0.408 e. The highest BCUT2D eigenvalue weighted by Crippen LogP contribution is 2.48. The van der Waals surface area contributed by atoms with Gasteiger partial charge in [-0.05, 0) is 55.7 Å². The summed E-state index contributed by atoms with van der Waals surface area (Å²) < 4.78 is 4.80. The topological polar surface area (TPSA) is 131 Å². The molecule has 6 aromatic carbocycles. The minimum Gasteiger partial charge on any atom is -0.444 e. The second kappa shape index (κ2) is 18.4. The monoisotopic (exact) mass is 789 g/mol. The number of ketones is 2. The lowest BCUT2D eigenvalue weighted by molar-refractivity contribution is -0.117. The molecule has 0 bridgehead atoms. The van der Waals surface area contributed by atoms with Crippen LogP contribution in [0, 0.1) is 0 Å². The second-order valence-corrected chi connectivity index (χ2v) is 15.6. The number of thioether (sulfide) groups is 1. The number of alkyl carbamates (subject to hydrolysis) is 1. The normalized spacial score (nSPS) is 11.8. The minimum absolute atomic E-state index is 0.0421. The molecule has 292 valence electrons. The van der Waals surface area contributed by atoms with Crippen molar-refractivity contribution in [3.8, 4) is 0 Å². The lowest BCUT2D eigenvalue weighted by atomic mass is 9.84. The van der Waals surface area contributed by atoms with Crippen LogP contribution in [0.2, 0.25) is 0 Å². The molecule has 10 heteroatoms. The summed E-state index contributed by atoms with van der Waals surface area (Å²) in [4.78, 5) is 67.8. The standard InChI is InChI=1S/C48H43N3O6S/c1-47(2,3)57-46(56)51-41(32-58-48(35-23-13-6-14-24-35,36-25-15-7-16-26-36)37-27-17-8-18-28-37)44(54)49-38-29-30-40(39(31-38)42(52)33-19-9-4-10-20-33)50-45(55)43(53)34-21-11-5-12-22-34/h4-31,41H,32H2,1-3H3,(H,49,54)(H,50,55)(H,51,56)/t41-/m0/s1. The molecule has 0 aliphatic heterocycles. The third kappa shape index (κ3) is 9.96. The van der Waals surface area contributed by atoms with Crippen molar-refractivity contribution in [1.29, 1.82) is 0 Å². The van der Waals surface area contributed by atoms with E-state index in [1.165, 1.54) is 42.1 Å². The molecule has 0 aromatic heterocycles. The molecule has 0 fully saturated rings. The van der Waals surface area contributed by atoms with Gasteiger partial charge in [-0.3, -0.25) is 19.2 Å². The van der Waals surface area contributed by atoms with Crippen LogP contribution in [0.15, 0.2) is 170 Å². The van der Waals surface area contributed by atoms with E-state index in [-0.39, 0.29) is 28.3 Å². The summed E-state index contributed by atoms with van der Waals surface area (Å²) in [7, 11) is 0. The molecule has 9 nitrogen and oxygen atoms in total. The van der Waals surface area contributed by atoms with Gasteiger partial charge in [0.15, 0.2) is 5.78 Å². The number of rotatable bonds is 14. The van der Waals surface area contributed by atoms with Crippen LogP contribution in [-0.4, -0.2) is 46.9 Å². The Hall–Kier alpha value is -6.78. The molecular weight excluding hydrogens is 747 g/mol. The fourth-order valence-electron chi connectivity index (χ4n) is 6.40. The Morgan fingerprint density at radius 2 is 1.05 bits per heavy atom. The summed E-state index contributed by atoms with van der Waals surface area (Å²) in [5.41, 5.74) is 2.95. The molecule has 0 spiro atoms. The quantitative estimate of drug-likeness (QED) is 0.0570. The van der Waals surface area contributed by atoms with Gasteiger partial charge in [0.1, 0.15) is 11.6 Å². The van der Waals surface area contributed by atoms with Gasteiger partial charge >= 0.3 is 6.09 Å². The molecule has 0 aliphatic rings. The van der Waals surface area contributed by atoms with E-state index in [1.807, 2.05) is 91.0 Å². The van der Waals surface area contributed by atoms with Gasteiger partial charge < -0.3 is 20.7 Å². The molecule has 6 rings (SSSR count). The summed E-state index contributed by atoms with van der Waals surface area (Å²) in [6.07, 6.45) is -0.779. The van der Waals surface area contributed by atoms with E-state index in [1.54, 1.807) is 69.3 Å².